The summed E-state index contributed by atoms with van der Waals surface area (Å²) in [6, 6.07) is 15.2. The normalized spacial score (nSPS) is 15.7. The summed E-state index contributed by atoms with van der Waals surface area (Å²) in [6.07, 6.45) is 0.113. The highest BCUT2D eigenvalue weighted by molar-refractivity contribution is 7.14. The van der Waals surface area contributed by atoms with Gasteiger partial charge < -0.3 is 9.84 Å². The van der Waals surface area contributed by atoms with E-state index in [4.69, 9.17) is 4.74 Å². The molecule has 7 nitrogen and oxygen atoms in total. The number of amides is 1. The number of ketones is 1. The molecule has 0 saturated heterocycles. The minimum absolute atomic E-state index is 0.0264. The first kappa shape index (κ1) is 23.4. The van der Waals surface area contributed by atoms with Crippen LogP contribution in [0.4, 0.5) is 5.69 Å². The maximum atomic E-state index is 13.6. The van der Waals surface area contributed by atoms with Crippen LogP contribution in [0.15, 0.2) is 65.9 Å². The molecule has 1 aromatic heterocycles. The van der Waals surface area contributed by atoms with Crippen LogP contribution in [-0.2, 0) is 20.7 Å². The van der Waals surface area contributed by atoms with Gasteiger partial charge in [0.2, 0.25) is 5.78 Å². The molecule has 0 bridgehead atoms. The molecule has 2 aromatic carbocycles. The maximum Gasteiger partial charge on any atom is 0.310 e. The SMILES string of the molecule is CCOC(=O)Cc1ccc(N2C(=O)C(O)=C(C(=O)c3sc(C)nc3C)C2c2ccccc2)cc1. The third-order valence-corrected chi connectivity index (χ3v) is 6.62. The number of aromatic nitrogens is 1. The third kappa shape index (κ3) is 4.36. The number of thiazole rings is 1. The quantitative estimate of drug-likeness (QED) is 0.394. The molecule has 1 aliphatic heterocycles. The van der Waals surface area contributed by atoms with Crippen molar-refractivity contribution < 1.29 is 24.2 Å². The first-order valence-electron chi connectivity index (χ1n) is 10.9. The van der Waals surface area contributed by atoms with Crippen LogP contribution >= 0.6 is 11.3 Å². The topological polar surface area (TPSA) is 96.8 Å². The van der Waals surface area contributed by atoms with Gasteiger partial charge in [0.15, 0.2) is 5.76 Å². The molecule has 0 saturated carbocycles. The van der Waals surface area contributed by atoms with Crippen LogP contribution in [0.25, 0.3) is 0 Å². The van der Waals surface area contributed by atoms with Crippen LogP contribution in [0, 0.1) is 13.8 Å². The summed E-state index contributed by atoms with van der Waals surface area (Å²) in [6.45, 7) is 5.60. The first-order chi connectivity index (χ1) is 16.3. The summed E-state index contributed by atoms with van der Waals surface area (Å²) in [7, 11) is 0. The van der Waals surface area contributed by atoms with Gasteiger partial charge in [-0.3, -0.25) is 19.3 Å². The van der Waals surface area contributed by atoms with Gasteiger partial charge in [-0.05, 0) is 44.0 Å². The van der Waals surface area contributed by atoms with Crippen molar-refractivity contribution in [2.24, 2.45) is 0 Å². The first-order valence-corrected chi connectivity index (χ1v) is 11.7. The monoisotopic (exact) mass is 476 g/mol. The lowest BCUT2D eigenvalue weighted by molar-refractivity contribution is -0.142. The van der Waals surface area contributed by atoms with Gasteiger partial charge in [0.05, 0.1) is 40.2 Å². The second kappa shape index (κ2) is 9.61. The third-order valence-electron chi connectivity index (χ3n) is 5.55. The molecule has 34 heavy (non-hydrogen) atoms. The Hall–Kier alpha value is -3.78. The van der Waals surface area contributed by atoms with Crippen LogP contribution in [0.1, 0.15) is 44.5 Å². The zero-order chi connectivity index (χ0) is 24.4. The predicted molar refractivity (Wildman–Crippen MR) is 129 cm³/mol. The average Bonchev–Trinajstić information content (AvgIpc) is 3.30. The van der Waals surface area contributed by atoms with E-state index in [1.54, 1.807) is 45.0 Å². The molecule has 0 radical (unpaired) electrons. The maximum absolute atomic E-state index is 13.6. The number of Topliss-reactive ketones (excluding diaryl/α,β-unsaturated/α-hetero) is 1. The molecule has 3 aromatic rings. The number of esters is 1. The molecule has 1 atom stereocenters. The number of carbonyl (C=O) groups excluding carboxylic acids is 3. The second-order valence-corrected chi connectivity index (χ2v) is 9.08. The molecule has 174 valence electrons. The lowest BCUT2D eigenvalue weighted by Gasteiger charge is -2.27. The predicted octanol–water partition coefficient (Wildman–Crippen LogP) is 4.65. The number of carbonyl (C=O) groups is 3. The minimum Gasteiger partial charge on any atom is -0.503 e. The van der Waals surface area contributed by atoms with E-state index in [-0.39, 0.29) is 18.0 Å². The number of aliphatic hydroxyl groups is 1. The van der Waals surface area contributed by atoms with Crippen molar-refractivity contribution in [3.63, 3.8) is 0 Å². The van der Waals surface area contributed by atoms with Crippen molar-refractivity contribution in [2.45, 2.75) is 33.2 Å². The Morgan fingerprint density at radius 2 is 1.76 bits per heavy atom. The molecule has 8 heteroatoms. The summed E-state index contributed by atoms with van der Waals surface area (Å²) in [5.41, 5.74) is 2.51. The molecule has 0 fully saturated rings. The molecule has 0 aliphatic carbocycles. The van der Waals surface area contributed by atoms with E-state index in [0.717, 1.165) is 10.6 Å². The van der Waals surface area contributed by atoms with Gasteiger partial charge in [-0.2, -0.15) is 0 Å². The summed E-state index contributed by atoms with van der Waals surface area (Å²) < 4.78 is 4.99. The Balaban J connectivity index is 1.75. The van der Waals surface area contributed by atoms with Gasteiger partial charge in [0.1, 0.15) is 0 Å². The zero-order valence-corrected chi connectivity index (χ0v) is 19.9. The average molecular weight is 477 g/mol. The summed E-state index contributed by atoms with van der Waals surface area (Å²) in [5, 5.41) is 11.6. The Morgan fingerprint density at radius 3 is 2.35 bits per heavy atom. The van der Waals surface area contributed by atoms with Crippen molar-refractivity contribution in [1.82, 2.24) is 4.98 Å². The summed E-state index contributed by atoms with van der Waals surface area (Å²) in [5.74, 6) is -1.98. The van der Waals surface area contributed by atoms with E-state index in [1.165, 1.54) is 16.2 Å². The van der Waals surface area contributed by atoms with Crippen LogP contribution in [0.3, 0.4) is 0 Å². The molecule has 4 rings (SSSR count). The molecule has 1 aliphatic rings. The fourth-order valence-electron chi connectivity index (χ4n) is 4.07. The zero-order valence-electron chi connectivity index (χ0n) is 19.1. The van der Waals surface area contributed by atoms with Crippen molar-refractivity contribution in [3.05, 3.63) is 92.6 Å². The highest BCUT2D eigenvalue weighted by atomic mass is 32.1. The number of hydrogen-bond donors (Lipinski definition) is 1. The van der Waals surface area contributed by atoms with E-state index in [2.05, 4.69) is 4.98 Å². The number of nitrogens with zero attached hydrogens (tertiary/aromatic N) is 2. The van der Waals surface area contributed by atoms with E-state index in [1.807, 2.05) is 30.3 Å². The van der Waals surface area contributed by atoms with Gasteiger partial charge in [-0.15, -0.1) is 11.3 Å². The highest BCUT2D eigenvalue weighted by Crippen LogP contribution is 2.42. The minimum atomic E-state index is -0.807. The number of aryl methyl sites for hydroxylation is 2. The van der Waals surface area contributed by atoms with Crippen LogP contribution in [0.5, 0.6) is 0 Å². The number of benzene rings is 2. The molecular formula is C26H24N2O5S. The van der Waals surface area contributed by atoms with E-state index in [0.29, 0.717) is 28.4 Å². The summed E-state index contributed by atoms with van der Waals surface area (Å²) >= 11 is 1.24. The molecular weight excluding hydrogens is 452 g/mol. The Bertz CT molecular complexity index is 1280. The summed E-state index contributed by atoms with van der Waals surface area (Å²) in [4.78, 5) is 44.7. The largest absolute Gasteiger partial charge is 0.503 e. The Kier molecular flexibility index (Phi) is 6.61. The molecule has 2 heterocycles. The number of ether oxygens (including phenoxy) is 1. The molecule has 0 spiro atoms. The van der Waals surface area contributed by atoms with E-state index < -0.39 is 23.5 Å². The molecule has 1 N–H and O–H groups in total. The standard InChI is InChI=1S/C26H24N2O5S/c1-4-33-20(29)14-17-10-12-19(13-11-17)28-22(18-8-6-5-7-9-18)21(24(31)26(28)32)23(30)25-15(2)27-16(3)34-25/h5-13,22,31H,4,14H2,1-3H3. The van der Waals surface area contributed by atoms with Crippen molar-refractivity contribution >= 4 is 34.7 Å². The van der Waals surface area contributed by atoms with Crippen molar-refractivity contribution in [2.75, 3.05) is 11.5 Å². The van der Waals surface area contributed by atoms with Crippen LogP contribution in [-0.4, -0.2) is 34.4 Å². The Morgan fingerprint density at radius 1 is 1.09 bits per heavy atom. The Labute approximate surface area is 201 Å². The van der Waals surface area contributed by atoms with Gasteiger partial charge >= 0.3 is 5.97 Å². The van der Waals surface area contributed by atoms with E-state index in [9.17, 15) is 19.5 Å². The fraction of sp³-hybridized carbons (Fsp3) is 0.231. The van der Waals surface area contributed by atoms with Gasteiger partial charge in [-0.25, -0.2) is 4.98 Å². The fourth-order valence-corrected chi connectivity index (χ4v) is 4.95. The van der Waals surface area contributed by atoms with Gasteiger partial charge in [0.25, 0.3) is 5.91 Å². The van der Waals surface area contributed by atoms with Gasteiger partial charge in [0, 0.05) is 5.69 Å². The molecule has 1 unspecified atom stereocenters. The second-order valence-electron chi connectivity index (χ2n) is 7.88. The molecule has 1 amide bonds. The van der Waals surface area contributed by atoms with Crippen molar-refractivity contribution in [3.8, 4) is 0 Å². The number of hydrogen-bond acceptors (Lipinski definition) is 7. The van der Waals surface area contributed by atoms with E-state index >= 15 is 0 Å². The number of anilines is 1. The smallest absolute Gasteiger partial charge is 0.310 e. The lowest BCUT2D eigenvalue weighted by atomic mass is 9.95. The number of aliphatic hydroxyl groups excluding tert-OH is 1. The van der Waals surface area contributed by atoms with Crippen molar-refractivity contribution in [1.29, 1.82) is 0 Å². The van der Waals surface area contributed by atoms with Crippen LogP contribution < -0.4 is 4.90 Å². The highest BCUT2D eigenvalue weighted by Gasteiger charge is 2.45. The van der Waals surface area contributed by atoms with Crippen LogP contribution in [0.2, 0.25) is 0 Å². The number of rotatable bonds is 7. The van der Waals surface area contributed by atoms with Gasteiger partial charge in [-0.1, -0.05) is 42.5 Å². The lowest BCUT2D eigenvalue weighted by Crippen LogP contribution is -2.31.